The average molecular weight is 388 g/mol. The zero-order valence-corrected chi connectivity index (χ0v) is 16.0. The lowest BCUT2D eigenvalue weighted by atomic mass is 10.1. The fourth-order valence-electron chi connectivity index (χ4n) is 3.65. The number of rotatable bonds is 3. The van der Waals surface area contributed by atoms with Crippen molar-refractivity contribution in [2.45, 2.75) is 13.0 Å². The van der Waals surface area contributed by atoms with Crippen LogP contribution in [0, 0.1) is 6.92 Å². The number of carbonyl (C=O) groups excluding carboxylic acids is 1. The van der Waals surface area contributed by atoms with Gasteiger partial charge in [0, 0.05) is 18.3 Å². The highest BCUT2D eigenvalue weighted by Gasteiger charge is 2.30. The first-order valence-corrected chi connectivity index (χ1v) is 9.57. The molecule has 1 saturated heterocycles. The number of morpholine rings is 1. The fraction of sp³-hybridized carbons (Fsp3) is 0.227. The van der Waals surface area contributed by atoms with E-state index in [1.54, 1.807) is 21.5 Å². The first-order valence-electron chi connectivity index (χ1n) is 9.57. The summed E-state index contributed by atoms with van der Waals surface area (Å²) in [6.45, 7) is 3.20. The SMILES string of the molecule is Cc1ccc(C(=O)N2CCOC(c3nnn4cc(-c5ccccc5)ccc34)C2)o1. The molecule has 3 aromatic heterocycles. The number of hydrogen-bond donors (Lipinski definition) is 0. The first kappa shape index (κ1) is 17.6. The maximum Gasteiger partial charge on any atom is 0.289 e. The Morgan fingerprint density at radius 1 is 1.07 bits per heavy atom. The number of ether oxygens (including phenoxy) is 1. The molecule has 1 aliphatic heterocycles. The lowest BCUT2D eigenvalue weighted by Gasteiger charge is -2.31. The molecule has 146 valence electrons. The summed E-state index contributed by atoms with van der Waals surface area (Å²) in [5.74, 6) is 0.939. The zero-order chi connectivity index (χ0) is 19.8. The molecule has 1 fully saturated rings. The Hall–Kier alpha value is -3.45. The van der Waals surface area contributed by atoms with Crippen LogP contribution in [0.3, 0.4) is 0 Å². The Kier molecular flexibility index (Phi) is 4.37. The Labute approximate surface area is 167 Å². The molecular formula is C22H20N4O3. The minimum Gasteiger partial charge on any atom is -0.456 e. The number of nitrogens with zero attached hydrogens (tertiary/aromatic N) is 4. The second-order valence-corrected chi connectivity index (χ2v) is 7.11. The van der Waals surface area contributed by atoms with Gasteiger partial charge in [0.05, 0.1) is 18.7 Å². The highest BCUT2D eigenvalue weighted by atomic mass is 16.5. The van der Waals surface area contributed by atoms with Gasteiger partial charge in [0.25, 0.3) is 5.91 Å². The lowest BCUT2D eigenvalue weighted by Crippen LogP contribution is -2.42. The molecule has 1 aromatic carbocycles. The van der Waals surface area contributed by atoms with Gasteiger partial charge in [-0.1, -0.05) is 41.6 Å². The highest BCUT2D eigenvalue weighted by molar-refractivity contribution is 5.91. The number of fused-ring (bicyclic) bond motifs is 1. The largest absolute Gasteiger partial charge is 0.456 e. The van der Waals surface area contributed by atoms with Gasteiger partial charge in [0.15, 0.2) is 5.76 Å². The summed E-state index contributed by atoms with van der Waals surface area (Å²) in [7, 11) is 0. The number of benzene rings is 1. The molecule has 0 spiro atoms. The average Bonchev–Trinajstić information content (AvgIpc) is 3.39. The number of aromatic nitrogens is 3. The molecule has 1 atom stereocenters. The fourth-order valence-corrected chi connectivity index (χ4v) is 3.65. The van der Waals surface area contributed by atoms with Crippen LogP contribution in [0.25, 0.3) is 16.6 Å². The van der Waals surface area contributed by atoms with E-state index in [-0.39, 0.29) is 12.0 Å². The molecule has 0 saturated carbocycles. The van der Waals surface area contributed by atoms with Crippen molar-refractivity contribution in [3.05, 3.63) is 78.0 Å². The van der Waals surface area contributed by atoms with Crippen LogP contribution >= 0.6 is 0 Å². The van der Waals surface area contributed by atoms with E-state index in [2.05, 4.69) is 28.5 Å². The van der Waals surface area contributed by atoms with Gasteiger partial charge in [-0.05, 0) is 30.7 Å². The predicted molar refractivity (Wildman–Crippen MR) is 106 cm³/mol. The van der Waals surface area contributed by atoms with Crippen molar-refractivity contribution in [3.8, 4) is 11.1 Å². The second kappa shape index (κ2) is 7.18. The van der Waals surface area contributed by atoms with E-state index in [4.69, 9.17) is 9.15 Å². The third-order valence-corrected chi connectivity index (χ3v) is 5.16. The van der Waals surface area contributed by atoms with E-state index in [1.165, 1.54) is 0 Å². The number of furan rings is 1. The summed E-state index contributed by atoms with van der Waals surface area (Å²) in [6.07, 6.45) is 1.63. The summed E-state index contributed by atoms with van der Waals surface area (Å²) < 4.78 is 13.2. The van der Waals surface area contributed by atoms with Crippen LogP contribution in [0.5, 0.6) is 0 Å². The number of aryl methyl sites for hydroxylation is 1. The van der Waals surface area contributed by atoms with Crippen molar-refractivity contribution in [2.75, 3.05) is 19.7 Å². The number of pyridine rings is 1. The van der Waals surface area contributed by atoms with Gasteiger partial charge < -0.3 is 14.1 Å². The first-order chi connectivity index (χ1) is 14.2. The van der Waals surface area contributed by atoms with Crippen LogP contribution in [0.4, 0.5) is 0 Å². The molecule has 29 heavy (non-hydrogen) atoms. The van der Waals surface area contributed by atoms with Crippen molar-refractivity contribution < 1.29 is 13.9 Å². The molecule has 0 bridgehead atoms. The maximum atomic E-state index is 12.7. The lowest BCUT2D eigenvalue weighted by molar-refractivity contribution is -0.0250. The Balaban J connectivity index is 1.41. The van der Waals surface area contributed by atoms with Crippen LogP contribution in [-0.4, -0.2) is 45.3 Å². The maximum absolute atomic E-state index is 12.7. The summed E-state index contributed by atoms with van der Waals surface area (Å²) in [6, 6.07) is 17.7. The number of amides is 1. The smallest absolute Gasteiger partial charge is 0.289 e. The number of carbonyl (C=O) groups is 1. The predicted octanol–water partition coefficient (Wildman–Crippen LogP) is 3.51. The van der Waals surface area contributed by atoms with Gasteiger partial charge in [0.1, 0.15) is 17.6 Å². The van der Waals surface area contributed by atoms with Crippen molar-refractivity contribution in [1.29, 1.82) is 0 Å². The quantitative estimate of drug-likeness (QED) is 0.537. The molecule has 1 aliphatic rings. The van der Waals surface area contributed by atoms with Crippen molar-refractivity contribution in [1.82, 2.24) is 19.7 Å². The van der Waals surface area contributed by atoms with Gasteiger partial charge in [-0.2, -0.15) is 0 Å². The van der Waals surface area contributed by atoms with Gasteiger partial charge in [0.2, 0.25) is 0 Å². The van der Waals surface area contributed by atoms with Crippen LogP contribution in [0.15, 0.2) is 65.2 Å². The summed E-state index contributed by atoms with van der Waals surface area (Å²) in [4.78, 5) is 14.5. The minimum absolute atomic E-state index is 0.130. The molecule has 7 nitrogen and oxygen atoms in total. The molecule has 4 aromatic rings. The topological polar surface area (TPSA) is 72.9 Å². The van der Waals surface area contributed by atoms with Gasteiger partial charge >= 0.3 is 0 Å². The molecule has 4 heterocycles. The van der Waals surface area contributed by atoms with Gasteiger partial charge in [-0.25, -0.2) is 4.52 Å². The van der Waals surface area contributed by atoms with Gasteiger partial charge in [-0.3, -0.25) is 4.79 Å². The highest BCUT2D eigenvalue weighted by Crippen LogP contribution is 2.27. The normalized spacial score (nSPS) is 17.0. The van der Waals surface area contributed by atoms with E-state index >= 15 is 0 Å². The standard InChI is InChI=1S/C22H20N4O3/c1-15-7-10-19(29-15)22(27)25-11-12-28-20(14-25)21-18-9-8-17(13-26(18)24-23-21)16-5-3-2-4-6-16/h2-10,13,20H,11-12,14H2,1H3. The van der Waals surface area contributed by atoms with E-state index in [9.17, 15) is 4.79 Å². The van der Waals surface area contributed by atoms with E-state index in [0.717, 1.165) is 28.1 Å². The molecular weight excluding hydrogens is 368 g/mol. The van der Waals surface area contributed by atoms with Crippen molar-refractivity contribution in [3.63, 3.8) is 0 Å². The Bertz CT molecular complexity index is 1170. The monoisotopic (exact) mass is 388 g/mol. The summed E-state index contributed by atoms with van der Waals surface area (Å²) >= 11 is 0. The zero-order valence-electron chi connectivity index (χ0n) is 16.0. The van der Waals surface area contributed by atoms with Crippen molar-refractivity contribution >= 4 is 11.4 Å². The number of hydrogen-bond acceptors (Lipinski definition) is 5. The third-order valence-electron chi connectivity index (χ3n) is 5.16. The third kappa shape index (κ3) is 3.30. The van der Waals surface area contributed by atoms with Gasteiger partial charge in [-0.15, -0.1) is 5.10 Å². The van der Waals surface area contributed by atoms with Crippen LogP contribution in [0.1, 0.15) is 28.1 Å². The molecule has 0 radical (unpaired) electrons. The van der Waals surface area contributed by atoms with E-state index in [1.807, 2.05) is 37.4 Å². The van der Waals surface area contributed by atoms with Crippen LogP contribution < -0.4 is 0 Å². The molecule has 0 N–H and O–H groups in total. The van der Waals surface area contributed by atoms with Crippen LogP contribution in [-0.2, 0) is 4.74 Å². The van der Waals surface area contributed by atoms with E-state index in [0.29, 0.717) is 25.5 Å². The Morgan fingerprint density at radius 3 is 2.72 bits per heavy atom. The molecule has 0 aliphatic carbocycles. The second-order valence-electron chi connectivity index (χ2n) is 7.11. The van der Waals surface area contributed by atoms with Crippen LogP contribution in [0.2, 0.25) is 0 Å². The molecule has 5 rings (SSSR count). The summed E-state index contributed by atoms with van der Waals surface area (Å²) in [5, 5.41) is 8.63. The Morgan fingerprint density at radius 2 is 1.93 bits per heavy atom. The molecule has 7 heteroatoms. The van der Waals surface area contributed by atoms with E-state index < -0.39 is 0 Å². The van der Waals surface area contributed by atoms with Crippen molar-refractivity contribution in [2.24, 2.45) is 0 Å². The summed E-state index contributed by atoms with van der Waals surface area (Å²) in [5.41, 5.74) is 3.78. The molecule has 1 amide bonds. The molecule has 1 unspecified atom stereocenters. The minimum atomic E-state index is -0.330.